The van der Waals surface area contributed by atoms with Gasteiger partial charge in [-0.2, -0.15) is 5.26 Å². The molecule has 0 amide bonds. The van der Waals surface area contributed by atoms with Gasteiger partial charge in [0.25, 0.3) is 0 Å². The highest BCUT2D eigenvalue weighted by Crippen LogP contribution is 2.13. The van der Waals surface area contributed by atoms with Crippen molar-refractivity contribution in [3.8, 4) is 6.07 Å². The van der Waals surface area contributed by atoms with E-state index in [1.807, 2.05) is 20.9 Å². The van der Waals surface area contributed by atoms with E-state index in [1.54, 1.807) is 0 Å². The van der Waals surface area contributed by atoms with Crippen LogP contribution in [0.4, 0.5) is 0 Å². The average Bonchev–Trinajstić information content (AvgIpc) is 1.87. The van der Waals surface area contributed by atoms with Crippen molar-refractivity contribution < 1.29 is 0 Å². The van der Waals surface area contributed by atoms with Crippen LogP contribution in [0, 0.1) is 16.7 Å². The van der Waals surface area contributed by atoms with Gasteiger partial charge in [0.2, 0.25) is 0 Å². The van der Waals surface area contributed by atoms with Gasteiger partial charge in [-0.25, -0.2) is 0 Å². The monoisotopic (exact) mass is 140 g/mol. The second-order valence-electron chi connectivity index (χ2n) is 3.33. The Kier molecular flexibility index (Phi) is 3.38. The molecule has 0 aliphatic carbocycles. The van der Waals surface area contributed by atoms with Crippen molar-refractivity contribution in [2.75, 3.05) is 20.1 Å². The summed E-state index contributed by atoms with van der Waals surface area (Å²) in [7, 11) is 2.03. The van der Waals surface area contributed by atoms with Crippen molar-refractivity contribution in [2.24, 2.45) is 5.41 Å². The fourth-order valence-electron chi connectivity index (χ4n) is 0.822. The van der Waals surface area contributed by atoms with Crippen molar-refractivity contribution in [2.45, 2.75) is 20.8 Å². The first kappa shape index (κ1) is 9.45. The summed E-state index contributed by atoms with van der Waals surface area (Å²) in [6, 6.07) is 2.26. The smallest absolute Gasteiger partial charge is 0.0697 e. The summed E-state index contributed by atoms with van der Waals surface area (Å²) in [5, 5.41) is 8.66. The third kappa shape index (κ3) is 3.47. The van der Waals surface area contributed by atoms with Gasteiger partial charge in [-0.05, 0) is 27.4 Å². The number of nitriles is 1. The molecule has 0 fully saturated rings. The Morgan fingerprint density at radius 1 is 1.50 bits per heavy atom. The van der Waals surface area contributed by atoms with E-state index >= 15 is 0 Å². The summed E-state index contributed by atoms with van der Waals surface area (Å²) in [6.45, 7) is 7.86. The van der Waals surface area contributed by atoms with Crippen molar-refractivity contribution >= 4 is 0 Å². The van der Waals surface area contributed by atoms with Gasteiger partial charge >= 0.3 is 0 Å². The minimum absolute atomic E-state index is 0.204. The molecule has 0 unspecified atom stereocenters. The zero-order valence-electron chi connectivity index (χ0n) is 7.31. The molecule has 0 rings (SSSR count). The van der Waals surface area contributed by atoms with E-state index in [0.717, 1.165) is 13.1 Å². The molecule has 0 saturated heterocycles. The molecule has 2 nitrogen and oxygen atoms in total. The van der Waals surface area contributed by atoms with E-state index in [0.29, 0.717) is 0 Å². The molecule has 0 heterocycles. The van der Waals surface area contributed by atoms with Crippen LogP contribution in [0.5, 0.6) is 0 Å². The molecule has 0 aromatic rings. The van der Waals surface area contributed by atoms with Crippen molar-refractivity contribution in [3.05, 3.63) is 0 Å². The molecule has 2 heteroatoms. The van der Waals surface area contributed by atoms with E-state index in [2.05, 4.69) is 17.9 Å². The van der Waals surface area contributed by atoms with Crippen LogP contribution in [0.1, 0.15) is 20.8 Å². The van der Waals surface area contributed by atoms with Gasteiger partial charge < -0.3 is 4.90 Å². The molecule has 0 N–H and O–H groups in total. The van der Waals surface area contributed by atoms with Crippen LogP contribution in [0.2, 0.25) is 0 Å². The van der Waals surface area contributed by atoms with E-state index in [4.69, 9.17) is 5.26 Å². The van der Waals surface area contributed by atoms with Gasteiger partial charge in [0.1, 0.15) is 0 Å². The summed E-state index contributed by atoms with van der Waals surface area (Å²) in [4.78, 5) is 2.14. The molecule has 0 radical (unpaired) electrons. The Morgan fingerprint density at radius 3 is 2.30 bits per heavy atom. The third-order valence-electron chi connectivity index (χ3n) is 1.51. The number of hydrogen-bond donors (Lipinski definition) is 0. The number of hydrogen-bond acceptors (Lipinski definition) is 2. The molecular weight excluding hydrogens is 124 g/mol. The van der Waals surface area contributed by atoms with E-state index in [1.165, 1.54) is 0 Å². The van der Waals surface area contributed by atoms with Crippen LogP contribution in [-0.2, 0) is 0 Å². The summed E-state index contributed by atoms with van der Waals surface area (Å²) >= 11 is 0. The highest BCUT2D eigenvalue weighted by atomic mass is 15.1. The van der Waals surface area contributed by atoms with Gasteiger partial charge in [-0.15, -0.1) is 0 Å². The highest BCUT2D eigenvalue weighted by Gasteiger charge is 2.17. The molecule has 10 heavy (non-hydrogen) atoms. The number of rotatable bonds is 3. The van der Waals surface area contributed by atoms with Gasteiger partial charge in [-0.3, -0.25) is 0 Å². The quantitative estimate of drug-likeness (QED) is 0.594. The van der Waals surface area contributed by atoms with Crippen molar-refractivity contribution in [1.82, 2.24) is 4.90 Å². The van der Waals surface area contributed by atoms with Crippen LogP contribution in [0.25, 0.3) is 0 Å². The fraction of sp³-hybridized carbons (Fsp3) is 0.875. The van der Waals surface area contributed by atoms with Gasteiger partial charge in [0.05, 0.1) is 11.5 Å². The maximum Gasteiger partial charge on any atom is 0.0697 e. The zero-order chi connectivity index (χ0) is 8.20. The second-order valence-corrected chi connectivity index (χ2v) is 3.33. The van der Waals surface area contributed by atoms with E-state index in [-0.39, 0.29) is 5.41 Å². The predicted molar refractivity (Wildman–Crippen MR) is 42.6 cm³/mol. The van der Waals surface area contributed by atoms with Crippen molar-refractivity contribution in [1.29, 1.82) is 5.26 Å². The normalized spacial score (nSPS) is 11.6. The molecule has 0 atom stereocenters. The molecule has 0 aliphatic rings. The van der Waals surface area contributed by atoms with Crippen LogP contribution < -0.4 is 0 Å². The van der Waals surface area contributed by atoms with E-state index in [9.17, 15) is 0 Å². The number of nitrogens with zero attached hydrogens (tertiary/aromatic N) is 2. The SMILES string of the molecule is CCN(C)CC(C)(C)C#N. The molecule has 0 aromatic carbocycles. The van der Waals surface area contributed by atoms with Crippen LogP contribution in [0.3, 0.4) is 0 Å². The van der Waals surface area contributed by atoms with Crippen LogP contribution >= 0.6 is 0 Å². The molecule has 0 aliphatic heterocycles. The molecule has 0 saturated carbocycles. The summed E-state index contributed by atoms with van der Waals surface area (Å²) < 4.78 is 0. The first-order valence-corrected chi connectivity index (χ1v) is 3.61. The lowest BCUT2D eigenvalue weighted by atomic mass is 9.95. The molecule has 0 bridgehead atoms. The van der Waals surface area contributed by atoms with Gasteiger partial charge in [0, 0.05) is 6.54 Å². The lowest BCUT2D eigenvalue weighted by molar-refractivity contribution is 0.266. The summed E-state index contributed by atoms with van der Waals surface area (Å²) in [6.07, 6.45) is 0. The fourth-order valence-corrected chi connectivity index (χ4v) is 0.822. The second kappa shape index (κ2) is 3.58. The van der Waals surface area contributed by atoms with Gasteiger partial charge in [-0.1, -0.05) is 6.92 Å². The Balaban J connectivity index is 3.79. The van der Waals surface area contributed by atoms with Gasteiger partial charge in [0.15, 0.2) is 0 Å². The topological polar surface area (TPSA) is 27.0 Å². The highest BCUT2D eigenvalue weighted by molar-refractivity contribution is 4.93. The lowest BCUT2D eigenvalue weighted by Gasteiger charge is -2.22. The largest absolute Gasteiger partial charge is 0.305 e. The Morgan fingerprint density at radius 2 is 2.00 bits per heavy atom. The lowest BCUT2D eigenvalue weighted by Crippen LogP contribution is -2.29. The summed E-state index contributed by atoms with van der Waals surface area (Å²) in [5.74, 6) is 0. The third-order valence-corrected chi connectivity index (χ3v) is 1.51. The minimum atomic E-state index is -0.204. The summed E-state index contributed by atoms with van der Waals surface area (Å²) in [5.41, 5.74) is -0.204. The zero-order valence-corrected chi connectivity index (χ0v) is 7.31. The Labute approximate surface area is 63.4 Å². The van der Waals surface area contributed by atoms with Crippen LogP contribution in [-0.4, -0.2) is 25.0 Å². The van der Waals surface area contributed by atoms with Crippen LogP contribution in [0.15, 0.2) is 0 Å². The maximum absolute atomic E-state index is 8.66. The minimum Gasteiger partial charge on any atom is -0.305 e. The Hall–Kier alpha value is -0.550. The average molecular weight is 140 g/mol. The molecule has 0 aromatic heterocycles. The molecule has 58 valence electrons. The standard InChI is InChI=1S/C8H16N2/c1-5-10(4)7-8(2,3)6-9/h5,7H2,1-4H3. The predicted octanol–water partition coefficient (Wildman–Crippen LogP) is 1.49. The first-order valence-electron chi connectivity index (χ1n) is 3.61. The molecular formula is C8H16N2. The van der Waals surface area contributed by atoms with E-state index < -0.39 is 0 Å². The molecule has 0 spiro atoms. The van der Waals surface area contributed by atoms with Crippen molar-refractivity contribution in [3.63, 3.8) is 0 Å². The maximum atomic E-state index is 8.66. The Bertz CT molecular complexity index is 133. The first-order chi connectivity index (χ1) is 4.52.